The highest BCUT2D eigenvalue weighted by Crippen LogP contribution is 2.33. The predicted molar refractivity (Wildman–Crippen MR) is 111 cm³/mol. The lowest BCUT2D eigenvalue weighted by atomic mass is 10.0. The number of carbonyl (C=O) groups is 4. The Bertz CT molecular complexity index is 856. The fraction of sp³-hybridized carbons (Fsp3) is 0.545. The third-order valence-corrected chi connectivity index (χ3v) is 5.01. The van der Waals surface area contributed by atoms with Crippen LogP contribution in [-0.4, -0.2) is 80.8 Å². The van der Waals surface area contributed by atoms with E-state index in [-0.39, 0.29) is 42.9 Å². The molecule has 174 valence electrons. The van der Waals surface area contributed by atoms with Gasteiger partial charge in [-0.1, -0.05) is 13.0 Å². The number of nitrogens with one attached hydrogen (secondary N) is 1. The lowest BCUT2D eigenvalue weighted by Crippen LogP contribution is -2.54. The highest BCUT2D eigenvalue weighted by Gasteiger charge is 2.45. The van der Waals surface area contributed by atoms with Crippen LogP contribution in [0.15, 0.2) is 18.2 Å². The number of nitrogens with zero attached hydrogens (tertiary/aromatic N) is 1. The monoisotopic (exact) mass is 448 g/mol. The average Bonchev–Trinajstić information content (AvgIpc) is 3.03. The van der Waals surface area contributed by atoms with Gasteiger partial charge in [-0.3, -0.25) is 29.4 Å². The number of fused-ring (bicyclic) bond motifs is 1. The first-order valence-electron chi connectivity index (χ1n) is 10.7. The molecule has 0 bridgehead atoms. The van der Waals surface area contributed by atoms with Crippen LogP contribution >= 0.6 is 0 Å². The summed E-state index contributed by atoms with van der Waals surface area (Å²) in [5.41, 5.74) is 0.300. The van der Waals surface area contributed by atoms with Crippen molar-refractivity contribution in [2.45, 2.75) is 32.2 Å². The first-order chi connectivity index (χ1) is 15.5. The van der Waals surface area contributed by atoms with Gasteiger partial charge in [0.05, 0.1) is 44.2 Å². The molecule has 10 heteroatoms. The third kappa shape index (κ3) is 5.70. The molecule has 32 heavy (non-hydrogen) atoms. The molecule has 1 saturated heterocycles. The van der Waals surface area contributed by atoms with E-state index in [1.807, 2.05) is 6.92 Å². The molecule has 3 rings (SSSR count). The summed E-state index contributed by atoms with van der Waals surface area (Å²) in [6.45, 7) is 5.11. The van der Waals surface area contributed by atoms with Gasteiger partial charge in [0.25, 0.3) is 11.8 Å². The van der Waals surface area contributed by atoms with Crippen molar-refractivity contribution in [1.29, 1.82) is 0 Å². The second-order valence-electron chi connectivity index (χ2n) is 7.31. The van der Waals surface area contributed by atoms with Gasteiger partial charge in [0.2, 0.25) is 11.8 Å². The summed E-state index contributed by atoms with van der Waals surface area (Å²) in [4.78, 5) is 50.2. The van der Waals surface area contributed by atoms with Crippen molar-refractivity contribution in [1.82, 2.24) is 10.2 Å². The molecule has 0 spiro atoms. The van der Waals surface area contributed by atoms with Crippen LogP contribution in [0.3, 0.4) is 0 Å². The minimum Gasteiger partial charge on any atom is -0.490 e. The first kappa shape index (κ1) is 23.8. The lowest BCUT2D eigenvalue weighted by molar-refractivity contribution is -0.136. The number of piperidine rings is 1. The number of imide groups is 2. The van der Waals surface area contributed by atoms with Crippen LogP contribution in [0.2, 0.25) is 0 Å². The molecule has 2 heterocycles. The molecule has 1 aromatic rings. The SMILES string of the molecule is CCCOCCOCCOCCOc1cccc2c1C(=O)N(C1CCC(=O)NC1=O)C2=O. The van der Waals surface area contributed by atoms with E-state index in [1.54, 1.807) is 12.1 Å². The van der Waals surface area contributed by atoms with E-state index in [0.29, 0.717) is 26.4 Å². The molecule has 0 aromatic heterocycles. The third-order valence-electron chi connectivity index (χ3n) is 5.01. The van der Waals surface area contributed by atoms with Gasteiger partial charge < -0.3 is 18.9 Å². The summed E-state index contributed by atoms with van der Waals surface area (Å²) in [6, 6.07) is 3.72. The van der Waals surface area contributed by atoms with Crippen LogP contribution in [0.1, 0.15) is 46.9 Å². The van der Waals surface area contributed by atoms with Crippen molar-refractivity contribution >= 4 is 23.6 Å². The Morgan fingerprint density at radius 2 is 1.56 bits per heavy atom. The molecular formula is C22H28N2O8. The molecule has 1 aromatic carbocycles. The average molecular weight is 448 g/mol. The molecule has 1 N–H and O–H groups in total. The standard InChI is InChI=1S/C22H28N2O8/c1-2-8-29-9-10-30-11-12-31-13-14-32-17-5-3-4-15-19(17)22(28)24(21(15)27)16-6-7-18(25)23-20(16)26/h3-5,16H,2,6-14H2,1H3,(H,23,25,26). The van der Waals surface area contributed by atoms with E-state index in [2.05, 4.69) is 5.32 Å². The number of hydrogen-bond donors (Lipinski definition) is 1. The zero-order valence-electron chi connectivity index (χ0n) is 18.1. The van der Waals surface area contributed by atoms with Crippen LogP contribution < -0.4 is 10.1 Å². The van der Waals surface area contributed by atoms with Gasteiger partial charge in [-0.2, -0.15) is 0 Å². The first-order valence-corrected chi connectivity index (χ1v) is 10.7. The number of rotatable bonds is 13. The van der Waals surface area contributed by atoms with Crippen molar-refractivity contribution in [3.63, 3.8) is 0 Å². The van der Waals surface area contributed by atoms with Crippen molar-refractivity contribution in [3.8, 4) is 5.75 Å². The Labute approximate surface area is 186 Å². The largest absolute Gasteiger partial charge is 0.490 e. The molecule has 2 aliphatic rings. The molecule has 0 aliphatic carbocycles. The van der Waals surface area contributed by atoms with Gasteiger partial charge in [-0.25, -0.2) is 0 Å². The van der Waals surface area contributed by atoms with Gasteiger partial charge in [0.15, 0.2) is 0 Å². The maximum Gasteiger partial charge on any atom is 0.266 e. The number of amides is 4. The fourth-order valence-electron chi connectivity index (χ4n) is 3.50. The topological polar surface area (TPSA) is 120 Å². The molecule has 4 amide bonds. The zero-order chi connectivity index (χ0) is 22.9. The summed E-state index contributed by atoms with van der Waals surface area (Å²) < 4.78 is 21.8. The van der Waals surface area contributed by atoms with E-state index in [9.17, 15) is 19.2 Å². The van der Waals surface area contributed by atoms with Gasteiger partial charge in [-0.05, 0) is 25.0 Å². The molecule has 10 nitrogen and oxygen atoms in total. The van der Waals surface area contributed by atoms with Crippen LogP contribution in [0.25, 0.3) is 0 Å². The second kappa shape index (κ2) is 11.7. The normalized spacial score (nSPS) is 18.2. The molecule has 1 fully saturated rings. The van der Waals surface area contributed by atoms with E-state index in [1.165, 1.54) is 6.07 Å². The van der Waals surface area contributed by atoms with E-state index < -0.39 is 29.7 Å². The van der Waals surface area contributed by atoms with Crippen molar-refractivity contribution in [2.24, 2.45) is 0 Å². The van der Waals surface area contributed by atoms with E-state index >= 15 is 0 Å². The Morgan fingerprint density at radius 1 is 0.906 bits per heavy atom. The van der Waals surface area contributed by atoms with Gasteiger partial charge in [-0.15, -0.1) is 0 Å². The summed E-state index contributed by atoms with van der Waals surface area (Å²) in [5.74, 6) is -1.98. The van der Waals surface area contributed by atoms with Gasteiger partial charge in [0, 0.05) is 13.0 Å². The van der Waals surface area contributed by atoms with Crippen LogP contribution in [0.4, 0.5) is 0 Å². The predicted octanol–water partition coefficient (Wildman–Crippen LogP) is 0.926. The quantitative estimate of drug-likeness (QED) is 0.349. The number of carbonyl (C=O) groups excluding carboxylic acids is 4. The van der Waals surface area contributed by atoms with Crippen molar-refractivity contribution in [3.05, 3.63) is 29.3 Å². The highest BCUT2D eigenvalue weighted by atomic mass is 16.6. The molecule has 0 saturated carbocycles. The van der Waals surface area contributed by atoms with E-state index in [4.69, 9.17) is 18.9 Å². The Kier molecular flexibility index (Phi) is 8.72. The van der Waals surface area contributed by atoms with Crippen molar-refractivity contribution in [2.75, 3.05) is 46.2 Å². The molecule has 1 unspecified atom stereocenters. The molecule has 2 aliphatic heterocycles. The molecule has 0 radical (unpaired) electrons. The number of hydrogen-bond acceptors (Lipinski definition) is 8. The number of benzene rings is 1. The smallest absolute Gasteiger partial charge is 0.266 e. The van der Waals surface area contributed by atoms with Crippen LogP contribution in [0.5, 0.6) is 5.75 Å². The van der Waals surface area contributed by atoms with Gasteiger partial charge >= 0.3 is 0 Å². The summed E-state index contributed by atoms with van der Waals surface area (Å²) in [6.07, 6.45) is 1.15. The van der Waals surface area contributed by atoms with Gasteiger partial charge in [0.1, 0.15) is 18.4 Å². The fourth-order valence-corrected chi connectivity index (χ4v) is 3.50. The maximum atomic E-state index is 13.0. The Morgan fingerprint density at radius 3 is 2.22 bits per heavy atom. The summed E-state index contributed by atoms with van der Waals surface area (Å²) >= 11 is 0. The number of ether oxygens (including phenoxy) is 4. The Balaban J connectivity index is 1.47. The second-order valence-corrected chi connectivity index (χ2v) is 7.31. The van der Waals surface area contributed by atoms with Crippen LogP contribution in [-0.2, 0) is 23.8 Å². The molecular weight excluding hydrogens is 420 g/mol. The Hall–Kier alpha value is -2.82. The van der Waals surface area contributed by atoms with Crippen molar-refractivity contribution < 1.29 is 38.1 Å². The lowest BCUT2D eigenvalue weighted by Gasteiger charge is -2.27. The minimum atomic E-state index is -1.01. The summed E-state index contributed by atoms with van der Waals surface area (Å²) in [5, 5.41) is 2.18. The molecule has 1 atom stereocenters. The zero-order valence-corrected chi connectivity index (χ0v) is 18.1. The van der Waals surface area contributed by atoms with Crippen LogP contribution in [0, 0.1) is 0 Å². The minimum absolute atomic E-state index is 0.0694. The summed E-state index contributed by atoms with van der Waals surface area (Å²) in [7, 11) is 0. The van der Waals surface area contributed by atoms with E-state index in [0.717, 1.165) is 17.9 Å². The maximum absolute atomic E-state index is 13.0. The highest BCUT2D eigenvalue weighted by molar-refractivity contribution is 6.24.